The number of anilines is 1. The van der Waals surface area contributed by atoms with Crippen LogP contribution in [0, 0.1) is 0 Å². The van der Waals surface area contributed by atoms with Gasteiger partial charge in [-0.2, -0.15) is 0 Å². The fourth-order valence-corrected chi connectivity index (χ4v) is 2.29. The molecule has 26 heavy (non-hydrogen) atoms. The maximum absolute atomic E-state index is 12.0. The highest BCUT2D eigenvalue weighted by Crippen LogP contribution is 2.24. The molecule has 0 atom stereocenters. The van der Waals surface area contributed by atoms with Gasteiger partial charge in [-0.15, -0.1) is 0 Å². The van der Waals surface area contributed by atoms with Gasteiger partial charge < -0.3 is 14.8 Å². The van der Waals surface area contributed by atoms with E-state index in [0.29, 0.717) is 35.5 Å². The van der Waals surface area contributed by atoms with Crippen LogP contribution >= 0.6 is 11.6 Å². The highest BCUT2D eigenvalue weighted by molar-refractivity contribution is 6.32. The molecule has 0 heterocycles. The third-order valence-electron chi connectivity index (χ3n) is 3.27. The number of amides is 1. The fraction of sp³-hybridized carbons (Fsp3) is 0.211. The first-order valence-corrected chi connectivity index (χ1v) is 8.36. The van der Waals surface area contributed by atoms with Crippen LogP contribution in [0.5, 0.6) is 5.75 Å². The van der Waals surface area contributed by atoms with Crippen molar-refractivity contribution in [1.82, 2.24) is 0 Å². The third-order valence-corrected chi connectivity index (χ3v) is 3.57. The van der Waals surface area contributed by atoms with Crippen LogP contribution in [0.25, 0.3) is 0 Å². The summed E-state index contributed by atoms with van der Waals surface area (Å²) in [5.41, 5.74) is 1.22. The quantitative estimate of drug-likeness (QED) is 0.561. The second kappa shape index (κ2) is 9.58. The number of rotatable bonds is 8. The average molecular weight is 376 g/mol. The molecule has 0 aliphatic carbocycles. The molecule has 2 aromatic carbocycles. The van der Waals surface area contributed by atoms with Crippen LogP contribution in [0.3, 0.4) is 0 Å². The van der Waals surface area contributed by atoms with Crippen molar-refractivity contribution in [3.8, 4) is 5.75 Å². The summed E-state index contributed by atoms with van der Waals surface area (Å²) < 4.78 is 10.4. The predicted octanol–water partition coefficient (Wildman–Crippen LogP) is 3.74. The Morgan fingerprint density at radius 3 is 2.69 bits per heavy atom. The Bertz CT molecular complexity index is 806. The van der Waals surface area contributed by atoms with Gasteiger partial charge in [0, 0.05) is 11.3 Å². The lowest BCUT2D eigenvalue weighted by Crippen LogP contribution is -2.20. The van der Waals surface area contributed by atoms with Crippen LogP contribution in [0.1, 0.15) is 34.1 Å². The van der Waals surface area contributed by atoms with Crippen LogP contribution in [0.4, 0.5) is 5.69 Å². The fourth-order valence-electron chi connectivity index (χ4n) is 2.05. The lowest BCUT2D eigenvalue weighted by molar-refractivity contribution is -0.118. The van der Waals surface area contributed by atoms with Crippen molar-refractivity contribution in [1.29, 1.82) is 0 Å². The zero-order valence-corrected chi connectivity index (χ0v) is 14.9. The van der Waals surface area contributed by atoms with Crippen molar-refractivity contribution >= 4 is 35.5 Å². The lowest BCUT2D eigenvalue weighted by atomic mass is 10.2. The van der Waals surface area contributed by atoms with E-state index in [2.05, 4.69) is 5.32 Å². The monoisotopic (exact) mass is 375 g/mol. The molecule has 6 nitrogen and oxygen atoms in total. The standard InChI is InChI=1S/C19H18ClNO5/c1-2-8-25-19(24)14-4-3-5-15(10-14)21-18(23)12-26-17-7-6-13(11-22)9-16(17)20/h3-7,9-11H,2,8,12H2,1H3,(H,21,23). The molecule has 136 valence electrons. The zero-order chi connectivity index (χ0) is 18.9. The molecule has 0 aliphatic heterocycles. The molecule has 0 fully saturated rings. The zero-order valence-electron chi connectivity index (χ0n) is 14.2. The Balaban J connectivity index is 1.93. The molecule has 0 saturated heterocycles. The van der Waals surface area contributed by atoms with Crippen molar-refractivity contribution in [2.45, 2.75) is 13.3 Å². The first-order chi connectivity index (χ1) is 12.5. The Hall–Kier alpha value is -2.86. The number of nitrogens with one attached hydrogen (secondary N) is 1. The van der Waals surface area contributed by atoms with Crippen molar-refractivity contribution in [2.75, 3.05) is 18.5 Å². The van der Waals surface area contributed by atoms with Gasteiger partial charge in [-0.1, -0.05) is 24.6 Å². The van der Waals surface area contributed by atoms with E-state index < -0.39 is 11.9 Å². The molecule has 0 spiro atoms. The summed E-state index contributed by atoms with van der Waals surface area (Å²) in [5.74, 6) is -0.565. The van der Waals surface area contributed by atoms with Crippen molar-refractivity contribution in [2.24, 2.45) is 0 Å². The van der Waals surface area contributed by atoms with E-state index in [1.54, 1.807) is 18.2 Å². The van der Waals surface area contributed by atoms with Gasteiger partial charge in [0.1, 0.15) is 12.0 Å². The molecule has 7 heteroatoms. The molecule has 0 aliphatic rings. The minimum absolute atomic E-state index is 0.239. The average Bonchev–Trinajstić information content (AvgIpc) is 2.65. The second-order valence-electron chi connectivity index (χ2n) is 5.36. The number of benzene rings is 2. The van der Waals surface area contributed by atoms with Crippen LogP contribution in [-0.2, 0) is 9.53 Å². The van der Waals surface area contributed by atoms with E-state index in [4.69, 9.17) is 21.1 Å². The summed E-state index contributed by atoms with van der Waals surface area (Å²) in [7, 11) is 0. The van der Waals surface area contributed by atoms with Crippen LogP contribution in [0.2, 0.25) is 5.02 Å². The largest absolute Gasteiger partial charge is 0.482 e. The van der Waals surface area contributed by atoms with E-state index >= 15 is 0 Å². The molecule has 0 aromatic heterocycles. The van der Waals surface area contributed by atoms with Gasteiger partial charge in [-0.05, 0) is 42.8 Å². The van der Waals surface area contributed by atoms with Crippen LogP contribution in [0.15, 0.2) is 42.5 Å². The number of carbonyl (C=O) groups excluding carboxylic acids is 3. The molecular weight excluding hydrogens is 358 g/mol. The number of aldehydes is 1. The summed E-state index contributed by atoms with van der Waals surface area (Å²) >= 11 is 5.98. The number of carbonyl (C=O) groups is 3. The number of esters is 1. The Kier molecular flexibility index (Phi) is 7.17. The lowest BCUT2D eigenvalue weighted by Gasteiger charge is -2.10. The van der Waals surface area contributed by atoms with Crippen molar-refractivity contribution in [3.05, 3.63) is 58.6 Å². The summed E-state index contributed by atoms with van der Waals surface area (Å²) in [6.45, 7) is 1.97. The topological polar surface area (TPSA) is 81.7 Å². The summed E-state index contributed by atoms with van der Waals surface area (Å²) in [4.78, 5) is 34.5. The molecule has 0 unspecified atom stereocenters. The van der Waals surface area contributed by atoms with Crippen LogP contribution < -0.4 is 10.1 Å². The van der Waals surface area contributed by atoms with E-state index in [1.807, 2.05) is 6.92 Å². The Morgan fingerprint density at radius 1 is 1.19 bits per heavy atom. The molecule has 0 radical (unpaired) electrons. The van der Waals surface area contributed by atoms with Gasteiger partial charge in [-0.3, -0.25) is 9.59 Å². The first-order valence-electron chi connectivity index (χ1n) is 7.98. The smallest absolute Gasteiger partial charge is 0.338 e. The molecule has 0 bridgehead atoms. The Morgan fingerprint density at radius 2 is 2.00 bits per heavy atom. The van der Waals surface area contributed by atoms with Gasteiger partial charge in [0.05, 0.1) is 17.2 Å². The van der Waals surface area contributed by atoms with E-state index in [-0.39, 0.29) is 11.6 Å². The molecule has 2 rings (SSSR count). The van der Waals surface area contributed by atoms with Gasteiger partial charge in [-0.25, -0.2) is 4.79 Å². The molecular formula is C19H18ClNO5. The third kappa shape index (κ3) is 5.60. The highest BCUT2D eigenvalue weighted by Gasteiger charge is 2.10. The van der Waals surface area contributed by atoms with Gasteiger partial charge >= 0.3 is 5.97 Å². The normalized spacial score (nSPS) is 10.1. The van der Waals surface area contributed by atoms with Gasteiger partial charge in [0.2, 0.25) is 0 Å². The molecule has 1 amide bonds. The second-order valence-corrected chi connectivity index (χ2v) is 5.77. The minimum atomic E-state index is -0.443. The maximum atomic E-state index is 12.0. The predicted molar refractivity (Wildman–Crippen MR) is 98.0 cm³/mol. The number of hydrogen-bond donors (Lipinski definition) is 1. The van der Waals surface area contributed by atoms with E-state index in [9.17, 15) is 14.4 Å². The van der Waals surface area contributed by atoms with E-state index in [0.717, 1.165) is 6.42 Å². The minimum Gasteiger partial charge on any atom is -0.482 e. The highest BCUT2D eigenvalue weighted by atomic mass is 35.5. The van der Waals surface area contributed by atoms with E-state index in [1.165, 1.54) is 24.3 Å². The maximum Gasteiger partial charge on any atom is 0.338 e. The number of halogens is 1. The number of ether oxygens (including phenoxy) is 2. The Labute approximate surface area is 156 Å². The summed E-state index contributed by atoms with van der Waals surface area (Å²) in [6.07, 6.45) is 1.40. The van der Waals surface area contributed by atoms with Crippen LogP contribution in [-0.4, -0.2) is 31.4 Å². The first kappa shape index (κ1) is 19.5. The SMILES string of the molecule is CCCOC(=O)c1cccc(NC(=O)COc2ccc(C=O)cc2Cl)c1. The number of hydrogen-bond acceptors (Lipinski definition) is 5. The molecule has 0 saturated carbocycles. The summed E-state index contributed by atoms with van der Waals surface area (Å²) in [6, 6.07) is 10.9. The molecule has 1 N–H and O–H groups in total. The summed E-state index contributed by atoms with van der Waals surface area (Å²) in [5, 5.41) is 2.87. The molecule has 2 aromatic rings. The van der Waals surface area contributed by atoms with Gasteiger partial charge in [0.25, 0.3) is 5.91 Å². The van der Waals surface area contributed by atoms with Gasteiger partial charge in [0.15, 0.2) is 6.61 Å². The van der Waals surface area contributed by atoms with Crippen molar-refractivity contribution in [3.63, 3.8) is 0 Å². The van der Waals surface area contributed by atoms with Crippen molar-refractivity contribution < 1.29 is 23.9 Å².